The van der Waals surface area contributed by atoms with Gasteiger partial charge in [-0.1, -0.05) is 42.5 Å². The second kappa shape index (κ2) is 5.62. The predicted octanol–water partition coefficient (Wildman–Crippen LogP) is 1.43. The van der Waals surface area contributed by atoms with E-state index in [1.54, 1.807) is 24.0 Å². The molecule has 0 aliphatic heterocycles. The van der Waals surface area contributed by atoms with Crippen LogP contribution in [0.3, 0.4) is 0 Å². The van der Waals surface area contributed by atoms with Gasteiger partial charge in [-0.25, -0.2) is 0 Å². The van der Waals surface area contributed by atoms with Gasteiger partial charge in [-0.2, -0.15) is 5.10 Å². The largest absolute Gasteiger partial charge is 0.392 e. The Balaban J connectivity index is 2.23. The standard InChI is InChI=1S/C13H14N4OS/c1-17-10(7-8-15-17)16-13(18)11(12(14)19)9-5-3-2-4-6-9/h2-8,11H,1H3,(H2,14,19)(H,16,18). The highest BCUT2D eigenvalue weighted by atomic mass is 32.1. The van der Waals surface area contributed by atoms with Crippen molar-refractivity contribution in [1.82, 2.24) is 9.78 Å². The number of aryl methyl sites for hydroxylation is 1. The third-order valence-electron chi connectivity index (χ3n) is 2.75. The molecule has 1 amide bonds. The van der Waals surface area contributed by atoms with Gasteiger partial charge in [0.25, 0.3) is 0 Å². The fourth-order valence-electron chi connectivity index (χ4n) is 1.79. The van der Waals surface area contributed by atoms with E-state index in [4.69, 9.17) is 18.0 Å². The first-order valence-corrected chi connectivity index (χ1v) is 6.13. The highest BCUT2D eigenvalue weighted by Crippen LogP contribution is 2.18. The van der Waals surface area contributed by atoms with Gasteiger partial charge in [0.05, 0.1) is 11.2 Å². The summed E-state index contributed by atoms with van der Waals surface area (Å²) in [5.41, 5.74) is 6.46. The van der Waals surface area contributed by atoms with Gasteiger partial charge in [-0.15, -0.1) is 0 Å². The summed E-state index contributed by atoms with van der Waals surface area (Å²) in [5, 5.41) is 6.75. The first kappa shape index (κ1) is 13.2. The smallest absolute Gasteiger partial charge is 0.239 e. The van der Waals surface area contributed by atoms with Gasteiger partial charge in [-0.05, 0) is 5.56 Å². The van der Waals surface area contributed by atoms with Crippen LogP contribution in [0.5, 0.6) is 0 Å². The van der Waals surface area contributed by atoms with Crippen LogP contribution < -0.4 is 11.1 Å². The van der Waals surface area contributed by atoms with Crippen molar-refractivity contribution >= 4 is 28.9 Å². The Morgan fingerprint density at radius 1 is 1.37 bits per heavy atom. The lowest BCUT2D eigenvalue weighted by molar-refractivity contribution is -0.116. The molecule has 0 bridgehead atoms. The molecule has 5 nitrogen and oxygen atoms in total. The number of hydrogen-bond donors (Lipinski definition) is 2. The molecule has 0 spiro atoms. The molecule has 1 atom stereocenters. The van der Waals surface area contributed by atoms with Crippen molar-refractivity contribution in [3.63, 3.8) is 0 Å². The van der Waals surface area contributed by atoms with Crippen LogP contribution in [0.25, 0.3) is 0 Å². The van der Waals surface area contributed by atoms with E-state index >= 15 is 0 Å². The van der Waals surface area contributed by atoms with E-state index in [1.165, 1.54) is 0 Å². The zero-order valence-corrected chi connectivity index (χ0v) is 11.2. The molecule has 2 aromatic rings. The molecular weight excluding hydrogens is 260 g/mol. The minimum atomic E-state index is -0.647. The number of rotatable bonds is 4. The SMILES string of the molecule is Cn1nccc1NC(=O)C(C(N)=S)c1ccccc1. The average Bonchev–Trinajstić information content (AvgIpc) is 2.76. The number of nitrogens with one attached hydrogen (secondary N) is 1. The molecule has 2 rings (SSSR count). The minimum Gasteiger partial charge on any atom is -0.392 e. The maximum Gasteiger partial charge on any atom is 0.239 e. The molecule has 3 N–H and O–H groups in total. The van der Waals surface area contributed by atoms with Crippen molar-refractivity contribution in [2.75, 3.05) is 5.32 Å². The van der Waals surface area contributed by atoms with Crippen molar-refractivity contribution in [3.05, 3.63) is 48.2 Å². The maximum atomic E-state index is 12.3. The van der Waals surface area contributed by atoms with Crippen LogP contribution in [-0.4, -0.2) is 20.7 Å². The second-order valence-electron chi connectivity index (χ2n) is 4.08. The number of hydrogen-bond acceptors (Lipinski definition) is 3. The lowest BCUT2D eigenvalue weighted by Gasteiger charge is -2.15. The summed E-state index contributed by atoms with van der Waals surface area (Å²) in [4.78, 5) is 12.4. The number of nitrogens with zero attached hydrogens (tertiary/aromatic N) is 2. The van der Waals surface area contributed by atoms with E-state index in [9.17, 15) is 4.79 Å². The van der Waals surface area contributed by atoms with E-state index in [-0.39, 0.29) is 10.9 Å². The van der Waals surface area contributed by atoms with Crippen molar-refractivity contribution in [2.24, 2.45) is 12.8 Å². The Morgan fingerprint density at radius 2 is 2.05 bits per heavy atom. The lowest BCUT2D eigenvalue weighted by atomic mass is 9.98. The summed E-state index contributed by atoms with van der Waals surface area (Å²) < 4.78 is 1.57. The quantitative estimate of drug-likeness (QED) is 0.827. The summed E-state index contributed by atoms with van der Waals surface area (Å²) in [5.74, 6) is -0.310. The van der Waals surface area contributed by atoms with Crippen molar-refractivity contribution in [2.45, 2.75) is 5.92 Å². The topological polar surface area (TPSA) is 72.9 Å². The Labute approximate surface area is 116 Å². The van der Waals surface area contributed by atoms with Gasteiger partial charge in [0, 0.05) is 13.1 Å². The zero-order chi connectivity index (χ0) is 13.8. The molecule has 1 heterocycles. The summed E-state index contributed by atoms with van der Waals surface area (Å²) >= 11 is 5.00. The highest BCUT2D eigenvalue weighted by molar-refractivity contribution is 7.80. The first-order valence-electron chi connectivity index (χ1n) is 5.72. The molecule has 0 aliphatic carbocycles. The van der Waals surface area contributed by atoms with Crippen LogP contribution >= 0.6 is 12.2 Å². The molecule has 98 valence electrons. The fraction of sp³-hybridized carbons (Fsp3) is 0.154. The van der Waals surface area contributed by atoms with Crippen LogP contribution in [0, 0.1) is 0 Å². The normalized spacial score (nSPS) is 11.8. The van der Waals surface area contributed by atoms with Gasteiger partial charge in [0.1, 0.15) is 11.7 Å². The van der Waals surface area contributed by atoms with Crippen LogP contribution in [0.4, 0.5) is 5.82 Å². The van der Waals surface area contributed by atoms with Gasteiger partial charge < -0.3 is 11.1 Å². The first-order chi connectivity index (χ1) is 9.09. The van der Waals surface area contributed by atoms with Crippen LogP contribution in [0.15, 0.2) is 42.6 Å². The molecule has 0 radical (unpaired) electrons. The molecule has 0 saturated heterocycles. The van der Waals surface area contributed by atoms with E-state index in [0.717, 1.165) is 5.56 Å². The number of amides is 1. The van der Waals surface area contributed by atoms with Gasteiger partial charge in [0.2, 0.25) is 5.91 Å². The number of thiocarbonyl (C=S) groups is 1. The molecule has 1 unspecified atom stereocenters. The number of benzene rings is 1. The highest BCUT2D eigenvalue weighted by Gasteiger charge is 2.24. The molecule has 6 heteroatoms. The summed E-state index contributed by atoms with van der Waals surface area (Å²) in [6.45, 7) is 0. The van der Waals surface area contributed by atoms with Gasteiger partial charge >= 0.3 is 0 Å². The summed E-state index contributed by atoms with van der Waals surface area (Å²) in [7, 11) is 1.74. The van der Waals surface area contributed by atoms with E-state index in [1.807, 2.05) is 30.3 Å². The molecule has 19 heavy (non-hydrogen) atoms. The predicted molar refractivity (Wildman–Crippen MR) is 77.8 cm³/mol. The Kier molecular flexibility index (Phi) is 3.91. The van der Waals surface area contributed by atoms with E-state index < -0.39 is 5.92 Å². The van der Waals surface area contributed by atoms with Crippen LogP contribution in [-0.2, 0) is 11.8 Å². The van der Waals surface area contributed by atoms with Gasteiger partial charge in [0.15, 0.2) is 0 Å². The van der Waals surface area contributed by atoms with E-state index in [0.29, 0.717) is 5.82 Å². The molecule has 1 aromatic carbocycles. The third-order valence-corrected chi connectivity index (χ3v) is 2.99. The molecular formula is C13H14N4OS. The lowest BCUT2D eigenvalue weighted by Crippen LogP contribution is -2.31. The van der Waals surface area contributed by atoms with Crippen molar-refractivity contribution < 1.29 is 4.79 Å². The van der Waals surface area contributed by atoms with Crippen molar-refractivity contribution in [3.8, 4) is 0 Å². The van der Waals surface area contributed by atoms with Crippen LogP contribution in [0.2, 0.25) is 0 Å². The van der Waals surface area contributed by atoms with Crippen LogP contribution in [0.1, 0.15) is 11.5 Å². The maximum absolute atomic E-state index is 12.3. The summed E-state index contributed by atoms with van der Waals surface area (Å²) in [6.07, 6.45) is 1.61. The Morgan fingerprint density at radius 3 is 2.58 bits per heavy atom. The number of carbonyl (C=O) groups is 1. The third kappa shape index (κ3) is 2.97. The minimum absolute atomic E-state index is 0.144. The molecule has 0 saturated carbocycles. The number of nitrogens with two attached hydrogens (primary N) is 1. The average molecular weight is 274 g/mol. The zero-order valence-electron chi connectivity index (χ0n) is 10.4. The summed E-state index contributed by atoms with van der Waals surface area (Å²) in [6, 6.07) is 10.9. The number of aromatic nitrogens is 2. The molecule has 0 aliphatic rings. The number of anilines is 1. The fourth-order valence-corrected chi connectivity index (χ4v) is 2.03. The van der Waals surface area contributed by atoms with Gasteiger partial charge in [-0.3, -0.25) is 9.48 Å². The van der Waals surface area contributed by atoms with E-state index in [2.05, 4.69) is 10.4 Å². The Bertz CT molecular complexity index is 594. The number of carbonyl (C=O) groups excluding carboxylic acids is 1. The molecule has 1 aromatic heterocycles. The monoisotopic (exact) mass is 274 g/mol. The Hall–Kier alpha value is -2.21. The second-order valence-corrected chi connectivity index (χ2v) is 4.55. The van der Waals surface area contributed by atoms with Crippen molar-refractivity contribution in [1.29, 1.82) is 0 Å². The molecule has 0 fully saturated rings.